The topological polar surface area (TPSA) is 99.1 Å². The van der Waals surface area contributed by atoms with Crippen molar-refractivity contribution in [3.63, 3.8) is 0 Å². The molecule has 6 aliphatic carbocycles. The molecule has 0 radical (unpaired) electrons. The summed E-state index contributed by atoms with van der Waals surface area (Å²) in [5, 5.41) is 26.8. The molecule has 0 aromatic heterocycles. The summed E-state index contributed by atoms with van der Waals surface area (Å²) in [5.41, 5.74) is -0.406. The third kappa shape index (κ3) is 4.79. The van der Waals surface area contributed by atoms with Crippen molar-refractivity contribution in [2.75, 3.05) is 32.1 Å². The highest BCUT2D eigenvalue weighted by Crippen LogP contribution is 2.78. The number of aliphatic hydroxyl groups excluding tert-OH is 1. The van der Waals surface area contributed by atoms with E-state index in [1.54, 1.807) is 12.0 Å². The number of hydrogen-bond donors (Lipinski definition) is 3. The van der Waals surface area contributed by atoms with Crippen LogP contribution < -0.4 is 5.32 Å². The molecule has 3 saturated carbocycles. The summed E-state index contributed by atoms with van der Waals surface area (Å²) in [6.07, 6.45) is 12.6. The number of carbonyl (C=O) groups is 2. The molecule has 2 amide bonds. The van der Waals surface area contributed by atoms with E-state index in [-0.39, 0.29) is 47.1 Å². The first-order chi connectivity index (χ1) is 22.5. The number of methoxy groups -OCH3 is 1. The van der Waals surface area contributed by atoms with Crippen molar-refractivity contribution in [1.82, 2.24) is 4.90 Å². The maximum Gasteiger partial charge on any atom is 0.321 e. The van der Waals surface area contributed by atoms with Gasteiger partial charge in [0, 0.05) is 53.3 Å². The number of hydrogen-bond acceptors (Lipinski definition) is 5. The number of ketones is 1. The number of urea groups is 1. The van der Waals surface area contributed by atoms with Gasteiger partial charge in [-0.3, -0.25) is 4.79 Å². The van der Waals surface area contributed by atoms with E-state index in [1.165, 1.54) is 0 Å². The number of nitrogens with zero attached hydrogens (tertiary/aromatic N) is 1. The van der Waals surface area contributed by atoms with Crippen LogP contribution in [0.4, 0.5) is 10.5 Å². The highest BCUT2D eigenvalue weighted by atomic mass is 16.5. The van der Waals surface area contributed by atoms with Crippen LogP contribution >= 0.6 is 0 Å². The van der Waals surface area contributed by atoms with Crippen molar-refractivity contribution in [2.45, 2.75) is 76.9 Å². The van der Waals surface area contributed by atoms with E-state index in [4.69, 9.17) is 4.74 Å². The van der Waals surface area contributed by atoms with Gasteiger partial charge in [-0.2, -0.15) is 0 Å². The number of fused-ring (bicyclic) bond motifs is 1. The maximum absolute atomic E-state index is 14.6. The lowest BCUT2D eigenvalue weighted by atomic mass is 9.32. The molecule has 0 aliphatic heterocycles. The molecule has 3 fully saturated rings. The molecular formula is C40H50N2O5. The molecule has 7 heteroatoms. The van der Waals surface area contributed by atoms with Gasteiger partial charge in [0.1, 0.15) is 0 Å². The van der Waals surface area contributed by atoms with Gasteiger partial charge in [-0.25, -0.2) is 4.79 Å². The Morgan fingerprint density at radius 3 is 2.30 bits per heavy atom. The second-order valence-corrected chi connectivity index (χ2v) is 15.6. The summed E-state index contributed by atoms with van der Waals surface area (Å²) in [5.74, 6) is 0.304. The largest absolute Gasteiger partial charge is 0.393 e. The van der Waals surface area contributed by atoms with Gasteiger partial charge in [0.05, 0.1) is 18.2 Å². The Hall–Kier alpha value is -3.26. The van der Waals surface area contributed by atoms with E-state index in [0.29, 0.717) is 43.7 Å². The lowest BCUT2D eigenvalue weighted by molar-refractivity contribution is -0.174. The number of aliphatic hydroxyl groups is 2. The fraction of sp³-hybridized carbons (Fsp3) is 0.550. The zero-order valence-electron chi connectivity index (χ0n) is 28.1. The third-order valence-corrected chi connectivity index (χ3v) is 13.5. The highest BCUT2D eigenvalue weighted by molar-refractivity contribution is 6.10. The third-order valence-electron chi connectivity index (χ3n) is 13.5. The molecule has 0 saturated heterocycles. The average Bonchev–Trinajstić information content (AvgIpc) is 3.34. The summed E-state index contributed by atoms with van der Waals surface area (Å²) in [7, 11) is 1.66. The average molecular weight is 639 g/mol. The summed E-state index contributed by atoms with van der Waals surface area (Å²) in [6.45, 7) is 5.82. The van der Waals surface area contributed by atoms with Crippen molar-refractivity contribution in [2.24, 2.45) is 33.5 Å². The lowest BCUT2D eigenvalue weighted by Crippen LogP contribution is -2.67. The number of amides is 2. The minimum atomic E-state index is -1.14. The number of para-hydroxylation sites is 1. The standard InChI is InChI=1S/C40H50N2O5/c1-36-18-15-30(43)25-38(36)21-22-40(31(26-38)34(44)28-11-6-4-7-12-28)32(36)16-19-37(2)33(40)17-20-39(37,46)27-42(23-10-24-47-3)35(45)41-29-13-8-5-9-14-29/h4-9,11-14,21-22,26,30,32-33,43,46H,10,15-20,23-25,27H2,1-3H3,(H,41,45). The normalized spacial score (nSPS) is 38.1. The summed E-state index contributed by atoms with van der Waals surface area (Å²) < 4.78 is 5.33. The van der Waals surface area contributed by atoms with Crippen LogP contribution in [0.15, 0.2) is 84.5 Å². The zero-order valence-corrected chi connectivity index (χ0v) is 28.1. The molecule has 2 spiro atoms. The molecule has 250 valence electrons. The first kappa shape index (κ1) is 32.3. The minimum Gasteiger partial charge on any atom is -0.393 e. The number of rotatable bonds is 9. The second-order valence-electron chi connectivity index (χ2n) is 15.6. The van der Waals surface area contributed by atoms with Crippen molar-refractivity contribution in [3.05, 3.63) is 90.0 Å². The van der Waals surface area contributed by atoms with Gasteiger partial charge in [-0.15, -0.1) is 0 Å². The summed E-state index contributed by atoms with van der Waals surface area (Å²) in [4.78, 5) is 30.2. The molecule has 0 heterocycles. The van der Waals surface area contributed by atoms with Gasteiger partial charge in [-0.05, 0) is 80.8 Å². The second kappa shape index (κ2) is 11.7. The number of nitrogens with one attached hydrogen (secondary N) is 1. The monoisotopic (exact) mass is 638 g/mol. The van der Waals surface area contributed by atoms with Crippen LogP contribution in [0.3, 0.4) is 0 Å². The van der Waals surface area contributed by atoms with Crippen molar-refractivity contribution in [1.29, 1.82) is 0 Å². The van der Waals surface area contributed by atoms with Crippen LogP contribution in [0.25, 0.3) is 0 Å². The van der Waals surface area contributed by atoms with Gasteiger partial charge < -0.3 is 25.2 Å². The molecule has 47 heavy (non-hydrogen) atoms. The first-order valence-corrected chi connectivity index (χ1v) is 17.6. The fourth-order valence-electron chi connectivity index (χ4n) is 11.0. The molecule has 2 bridgehead atoms. The van der Waals surface area contributed by atoms with Crippen molar-refractivity contribution in [3.8, 4) is 0 Å². The quantitative estimate of drug-likeness (QED) is 0.156. The highest BCUT2D eigenvalue weighted by Gasteiger charge is 2.74. The van der Waals surface area contributed by atoms with Crippen molar-refractivity contribution < 1.29 is 24.5 Å². The van der Waals surface area contributed by atoms with Gasteiger partial charge in [0.15, 0.2) is 5.78 Å². The predicted octanol–water partition coefficient (Wildman–Crippen LogP) is 7.03. The smallest absolute Gasteiger partial charge is 0.321 e. The van der Waals surface area contributed by atoms with E-state index in [9.17, 15) is 19.8 Å². The maximum atomic E-state index is 14.6. The molecule has 2 aromatic rings. The van der Waals surface area contributed by atoms with E-state index in [2.05, 4.69) is 37.4 Å². The Morgan fingerprint density at radius 1 is 0.915 bits per heavy atom. The molecule has 8 rings (SSSR count). The number of benzene rings is 2. The van der Waals surface area contributed by atoms with Crippen LogP contribution in [0, 0.1) is 33.5 Å². The van der Waals surface area contributed by atoms with Gasteiger partial charge >= 0.3 is 6.03 Å². The Bertz CT molecular complexity index is 1580. The number of allylic oxidation sites excluding steroid dienone is 4. The van der Waals surface area contributed by atoms with Crippen LogP contribution in [0.1, 0.15) is 75.6 Å². The molecule has 7 nitrogen and oxygen atoms in total. The van der Waals surface area contributed by atoms with Crippen LogP contribution in [0.5, 0.6) is 0 Å². The summed E-state index contributed by atoms with van der Waals surface area (Å²) in [6, 6.07) is 18.8. The number of Topliss-reactive ketones (excluding diaryl/α,β-unsaturated/α-hetero) is 1. The molecule has 3 N–H and O–H groups in total. The predicted molar refractivity (Wildman–Crippen MR) is 183 cm³/mol. The molecule has 6 aliphatic rings. The van der Waals surface area contributed by atoms with Crippen LogP contribution in [-0.2, 0) is 4.74 Å². The Balaban J connectivity index is 1.27. The number of carbonyl (C=O) groups excluding carboxylic acids is 2. The van der Waals surface area contributed by atoms with Gasteiger partial charge in [0.25, 0.3) is 0 Å². The minimum absolute atomic E-state index is 0.0221. The molecule has 2 aromatic carbocycles. The Kier molecular flexibility index (Phi) is 8.05. The number of anilines is 1. The van der Waals surface area contributed by atoms with Crippen LogP contribution in [0.2, 0.25) is 0 Å². The van der Waals surface area contributed by atoms with E-state index < -0.39 is 16.4 Å². The Labute approximate surface area is 279 Å². The van der Waals surface area contributed by atoms with E-state index >= 15 is 0 Å². The number of ether oxygens (including phenoxy) is 1. The SMILES string of the molecule is COCCCN(CC1(O)CCC2C34C=CC5(C=C3C(=O)c3ccccc3)CC(O)CCC5(C)C4CCC21C)C(=O)Nc1ccccc1. The molecule has 8 unspecified atom stereocenters. The van der Waals surface area contributed by atoms with E-state index in [0.717, 1.165) is 37.7 Å². The molecule has 8 atom stereocenters. The lowest BCUT2D eigenvalue weighted by Gasteiger charge is -2.71. The summed E-state index contributed by atoms with van der Waals surface area (Å²) >= 11 is 0. The first-order valence-electron chi connectivity index (χ1n) is 17.6. The van der Waals surface area contributed by atoms with Crippen molar-refractivity contribution >= 4 is 17.5 Å². The van der Waals surface area contributed by atoms with E-state index in [1.807, 2.05) is 60.7 Å². The van der Waals surface area contributed by atoms with Gasteiger partial charge in [0.2, 0.25) is 0 Å². The molecular weight excluding hydrogens is 588 g/mol. The van der Waals surface area contributed by atoms with Crippen LogP contribution in [-0.4, -0.2) is 65.4 Å². The zero-order chi connectivity index (χ0) is 33.1. The Morgan fingerprint density at radius 2 is 1.57 bits per heavy atom. The fourth-order valence-corrected chi connectivity index (χ4v) is 11.0. The van der Waals surface area contributed by atoms with Gasteiger partial charge in [-0.1, -0.05) is 80.6 Å².